The van der Waals surface area contributed by atoms with Crippen LogP contribution in [0.1, 0.15) is 45.4 Å². The molecule has 20 heteroatoms. The second-order valence-electron chi connectivity index (χ2n) is 10.4. The lowest BCUT2D eigenvalue weighted by atomic mass is 9.96. The molecule has 0 aliphatic carbocycles. The second kappa shape index (κ2) is 23.2. The van der Waals surface area contributed by atoms with Gasteiger partial charge in [-0.2, -0.15) is 0 Å². The third-order valence-corrected chi connectivity index (χ3v) is 8.77. The van der Waals surface area contributed by atoms with Crippen LogP contribution in [-0.2, 0) is 46.6 Å². The first-order chi connectivity index (χ1) is 22.5. The van der Waals surface area contributed by atoms with Crippen molar-refractivity contribution in [2.24, 2.45) is 5.92 Å². The van der Waals surface area contributed by atoms with Gasteiger partial charge < -0.3 is 33.8 Å². The summed E-state index contributed by atoms with van der Waals surface area (Å²) in [7, 11) is -3.07. The molecule has 1 heterocycles. The van der Waals surface area contributed by atoms with Gasteiger partial charge in [0, 0.05) is 19.6 Å². The van der Waals surface area contributed by atoms with Gasteiger partial charge in [0.15, 0.2) is 0 Å². The molecule has 0 aromatic rings. The zero-order valence-corrected chi connectivity index (χ0v) is 32.0. The van der Waals surface area contributed by atoms with E-state index in [1.807, 2.05) is 0 Å². The number of rotatable bonds is 23. The highest BCUT2D eigenvalue weighted by Crippen LogP contribution is 2.52. The molecule has 0 spiro atoms. The summed E-state index contributed by atoms with van der Waals surface area (Å²) in [6, 6.07) is -1.45. The van der Waals surface area contributed by atoms with Gasteiger partial charge in [-0.25, -0.2) is 9.36 Å². The number of aldehydes is 1. The molecule has 1 aliphatic heterocycles. The van der Waals surface area contributed by atoms with Crippen molar-refractivity contribution in [1.29, 1.82) is 5.41 Å². The second-order valence-corrected chi connectivity index (χ2v) is 16.8. The number of alkyl halides is 6. The highest BCUT2D eigenvalue weighted by atomic mass is 35.6. The molecule has 278 valence electrons. The molecule has 6 atom stereocenters. The first kappa shape index (κ1) is 45.6. The predicted molar refractivity (Wildman–Crippen MR) is 186 cm³/mol. The van der Waals surface area contributed by atoms with Crippen LogP contribution in [0.4, 0.5) is 4.79 Å². The van der Waals surface area contributed by atoms with E-state index in [0.717, 1.165) is 32.0 Å². The third-order valence-electron chi connectivity index (χ3n) is 6.49. The average Bonchev–Trinajstić information content (AvgIpc) is 3.01. The fourth-order valence-electron chi connectivity index (χ4n) is 4.29. The molecule has 1 unspecified atom stereocenters. The van der Waals surface area contributed by atoms with Gasteiger partial charge in [-0.05, 0) is 12.8 Å². The molecule has 0 radical (unpaired) electrons. The first-order valence-electron chi connectivity index (χ1n) is 14.9. The number of unbranched alkanes of at least 4 members (excludes halogenated alkanes) is 3. The van der Waals surface area contributed by atoms with E-state index in [9.17, 15) is 14.2 Å². The predicted octanol–water partition coefficient (Wildman–Crippen LogP) is 7.65. The van der Waals surface area contributed by atoms with Crippen LogP contribution in [0.5, 0.6) is 0 Å². The van der Waals surface area contributed by atoms with Crippen molar-refractivity contribution in [2.45, 2.75) is 83.7 Å². The van der Waals surface area contributed by atoms with Crippen molar-refractivity contribution in [3.63, 3.8) is 0 Å². The summed E-state index contributed by atoms with van der Waals surface area (Å²) in [5, 5.41) is 10.6. The fourth-order valence-corrected chi connectivity index (χ4v) is 5.92. The number of alkyl carbamates (subject to hydrolysis) is 1. The SMILES string of the molecule is C=CCOP(=O)(OCC=C)O[C@H]1[C@H](OCC[C@H](C=O)CCCCCC)[C@@H](NC(=O)OCC(Cl)(Cl)Cl)C(OC(=N)C(Cl)(Cl)Cl)O[C@@H]1COC. The molecule has 0 aromatic heterocycles. The lowest BCUT2D eigenvalue weighted by Gasteiger charge is -2.46. The van der Waals surface area contributed by atoms with Gasteiger partial charge in [-0.1, -0.05) is 114 Å². The van der Waals surface area contributed by atoms with Crippen LogP contribution in [0.15, 0.2) is 25.3 Å². The Bertz CT molecular complexity index is 1050. The number of hydrogen-bond acceptors (Lipinski definition) is 12. The van der Waals surface area contributed by atoms with Crippen molar-refractivity contribution < 1.29 is 51.4 Å². The molecule has 48 heavy (non-hydrogen) atoms. The van der Waals surface area contributed by atoms with Crippen LogP contribution >= 0.6 is 77.4 Å². The lowest BCUT2D eigenvalue weighted by Crippen LogP contribution is -2.66. The molecule has 1 aliphatic rings. The summed E-state index contributed by atoms with van der Waals surface area (Å²) >= 11 is 34.8. The standard InChI is InChI=1S/C28H43Cl6N2O11P/c1-5-8-9-10-11-19(16-37)12-15-41-23-21(36-26(38)42-18-27(29,30)31)24(46-25(35)28(32,33)34)45-20(17-40-4)22(23)47-48(39,43-13-6-2)44-14-7-3/h6-7,16,19-24,35H,2-3,5,8-15,17-18H2,1,4H3,(H,36,38)/t19-,20-,21-,22-,23-,24?/m1/s1. The number of phosphoric acid groups is 1. The highest BCUT2D eigenvalue weighted by Gasteiger charge is 2.53. The summed E-state index contributed by atoms with van der Waals surface area (Å²) in [4.78, 5) is 24.8. The van der Waals surface area contributed by atoms with E-state index < -0.39 is 64.6 Å². The number of ether oxygens (including phenoxy) is 5. The summed E-state index contributed by atoms with van der Waals surface area (Å²) in [5.74, 6) is -1.23. The maximum absolute atomic E-state index is 13.8. The van der Waals surface area contributed by atoms with Crippen LogP contribution in [0.2, 0.25) is 0 Å². The number of carbonyl (C=O) groups is 2. The minimum Gasteiger partial charge on any atom is -0.446 e. The monoisotopic (exact) mass is 824 g/mol. The van der Waals surface area contributed by atoms with Gasteiger partial charge in [-0.3, -0.25) is 19.0 Å². The first-order valence-corrected chi connectivity index (χ1v) is 18.6. The van der Waals surface area contributed by atoms with E-state index >= 15 is 0 Å². The van der Waals surface area contributed by atoms with E-state index in [1.165, 1.54) is 19.3 Å². The van der Waals surface area contributed by atoms with Crippen LogP contribution < -0.4 is 5.32 Å². The Morgan fingerprint density at radius 2 is 1.69 bits per heavy atom. The largest absolute Gasteiger partial charge is 0.475 e. The van der Waals surface area contributed by atoms with Crippen molar-refractivity contribution in [3.8, 4) is 0 Å². The Labute approximate surface area is 311 Å². The zero-order chi connectivity index (χ0) is 36.4. The molecule has 0 aromatic carbocycles. The van der Waals surface area contributed by atoms with Crippen LogP contribution in [0, 0.1) is 11.3 Å². The van der Waals surface area contributed by atoms with Crippen molar-refractivity contribution in [1.82, 2.24) is 5.32 Å². The highest BCUT2D eigenvalue weighted by molar-refractivity contribution is 7.48. The molecular formula is C28H43Cl6N2O11P. The van der Waals surface area contributed by atoms with E-state index in [-0.39, 0.29) is 38.8 Å². The molecule has 1 saturated heterocycles. The van der Waals surface area contributed by atoms with E-state index in [2.05, 4.69) is 25.4 Å². The third kappa shape index (κ3) is 17.7. The van der Waals surface area contributed by atoms with Gasteiger partial charge in [-0.15, -0.1) is 13.2 Å². The molecular weight excluding hydrogens is 784 g/mol. The topological polar surface area (TPSA) is 161 Å². The van der Waals surface area contributed by atoms with Gasteiger partial charge in [0.05, 0.1) is 19.8 Å². The van der Waals surface area contributed by atoms with E-state index in [0.29, 0.717) is 6.42 Å². The zero-order valence-electron chi connectivity index (χ0n) is 26.6. The van der Waals surface area contributed by atoms with Crippen molar-refractivity contribution in [2.75, 3.05) is 40.1 Å². The summed E-state index contributed by atoms with van der Waals surface area (Å²) in [5.41, 5.74) is 0. The average molecular weight is 827 g/mol. The molecule has 2 N–H and O–H groups in total. The van der Waals surface area contributed by atoms with Crippen LogP contribution in [0.3, 0.4) is 0 Å². The number of amides is 1. The molecule has 1 rings (SSSR count). The smallest absolute Gasteiger partial charge is 0.446 e. The maximum Gasteiger partial charge on any atom is 0.475 e. The Hall–Kier alpha value is -0.380. The van der Waals surface area contributed by atoms with Gasteiger partial charge >= 0.3 is 13.9 Å². The molecule has 13 nitrogen and oxygen atoms in total. The van der Waals surface area contributed by atoms with Crippen LogP contribution in [-0.4, -0.2) is 96.7 Å². The number of hydrogen-bond donors (Lipinski definition) is 2. The molecule has 0 bridgehead atoms. The lowest BCUT2D eigenvalue weighted by molar-refractivity contribution is -0.255. The quantitative estimate of drug-likeness (QED) is 0.0198. The fraction of sp³-hybridized carbons (Fsp3) is 0.750. The van der Waals surface area contributed by atoms with Gasteiger partial charge in [0.25, 0.3) is 3.79 Å². The Balaban J connectivity index is 3.61. The number of carbonyl (C=O) groups excluding carboxylic acids is 2. The minimum absolute atomic E-state index is 0.0667. The van der Waals surface area contributed by atoms with E-state index in [1.54, 1.807) is 0 Å². The normalized spacial score (nSPS) is 22.4. The summed E-state index contributed by atoms with van der Waals surface area (Å²) < 4.78 is 54.4. The van der Waals surface area contributed by atoms with Gasteiger partial charge in [0.2, 0.25) is 16.0 Å². The molecule has 1 fully saturated rings. The Morgan fingerprint density at radius 3 is 2.21 bits per heavy atom. The number of phosphoric ester groups is 1. The number of nitrogens with one attached hydrogen (secondary N) is 2. The van der Waals surface area contributed by atoms with Crippen molar-refractivity contribution in [3.05, 3.63) is 25.3 Å². The Kier molecular flexibility index (Phi) is 22.1. The van der Waals surface area contributed by atoms with Gasteiger partial charge in [0.1, 0.15) is 37.2 Å². The van der Waals surface area contributed by atoms with E-state index in [4.69, 9.17) is 112 Å². The number of halogens is 6. The summed E-state index contributed by atoms with van der Waals surface area (Å²) in [6.07, 6.45) is 1.57. The van der Waals surface area contributed by atoms with Crippen molar-refractivity contribution >= 4 is 95.7 Å². The summed E-state index contributed by atoms with van der Waals surface area (Å²) in [6.45, 7) is 7.75. The Morgan fingerprint density at radius 1 is 1.04 bits per heavy atom. The minimum atomic E-state index is -4.42. The molecule has 1 amide bonds. The number of methoxy groups -OCH3 is 1. The molecule has 0 saturated carbocycles. The van der Waals surface area contributed by atoms with Crippen LogP contribution in [0.25, 0.3) is 0 Å². The maximum atomic E-state index is 13.8.